The number of pyridine rings is 1. The fourth-order valence-electron chi connectivity index (χ4n) is 10.2. The minimum Gasteiger partial charge on any atom is -0.394 e. The number of aliphatic hydroxyl groups is 2. The van der Waals surface area contributed by atoms with Crippen LogP contribution in [-0.4, -0.2) is 82.2 Å². The molecule has 3 aliphatic heterocycles. The standard InChI is InChI=1S/C42H40Cl2F4N4O5/c43-29-16-31-28(15-30(29)47)42(39(56)51-31)32(27-13-14-49-37(44)33(27)48)35(38(55)50-25-11-12-26(17-53)57-18-25)52(41(42)19-40(20-41,21-45)22-46)34(23-7-3-1-4-8-23)36(54)24-9-5-2-6-10-24/h1-10,13-16,25-26,32,34-36,53-54H,11-12,17-22H2,(H,50,55)(H,51,56)/t25-,26+,32+,34-,35-,36+,42+/m1/s1. The van der Waals surface area contributed by atoms with E-state index < -0.39 is 94.6 Å². The second kappa shape index (κ2) is 15.2. The van der Waals surface area contributed by atoms with Gasteiger partial charge in [0.1, 0.15) is 11.2 Å². The average molecular weight is 828 g/mol. The Hall–Kier alpha value is -4.11. The number of nitrogens with zero attached hydrogens (tertiary/aromatic N) is 2. The predicted octanol–water partition coefficient (Wildman–Crippen LogP) is 6.91. The van der Waals surface area contributed by atoms with E-state index in [1.54, 1.807) is 65.6 Å². The van der Waals surface area contributed by atoms with Crippen LogP contribution < -0.4 is 10.6 Å². The first kappa shape index (κ1) is 39.7. The zero-order chi connectivity index (χ0) is 40.3. The molecule has 4 aliphatic rings. The lowest BCUT2D eigenvalue weighted by Gasteiger charge is -2.63. The van der Waals surface area contributed by atoms with Gasteiger partial charge in [-0.2, -0.15) is 0 Å². The summed E-state index contributed by atoms with van der Waals surface area (Å²) in [5, 5.41) is 27.3. The van der Waals surface area contributed by atoms with Gasteiger partial charge in [0.25, 0.3) is 0 Å². The number of anilines is 1. The van der Waals surface area contributed by atoms with Gasteiger partial charge in [-0.1, -0.05) is 83.9 Å². The maximum Gasteiger partial charge on any atom is 0.238 e. The molecule has 1 aromatic heterocycles. The third kappa shape index (κ3) is 6.15. The number of alkyl halides is 2. The molecule has 2 spiro atoms. The highest BCUT2D eigenvalue weighted by atomic mass is 35.5. The molecule has 0 bridgehead atoms. The van der Waals surface area contributed by atoms with Gasteiger partial charge in [-0.3, -0.25) is 23.3 Å². The minimum atomic E-state index is -2.15. The van der Waals surface area contributed by atoms with Crippen LogP contribution in [0.2, 0.25) is 10.2 Å². The molecule has 4 aromatic rings. The third-order valence-corrected chi connectivity index (χ3v) is 13.1. The lowest BCUT2D eigenvalue weighted by molar-refractivity contribution is -0.166. The number of hydrogen-bond donors (Lipinski definition) is 4. The van der Waals surface area contributed by atoms with Gasteiger partial charge in [0.15, 0.2) is 11.0 Å². The number of likely N-dealkylation sites (tertiary alicyclic amines) is 1. The summed E-state index contributed by atoms with van der Waals surface area (Å²) in [7, 11) is 0. The average Bonchev–Trinajstić information content (AvgIpc) is 3.64. The van der Waals surface area contributed by atoms with Crippen molar-refractivity contribution in [2.24, 2.45) is 5.41 Å². The molecule has 300 valence electrons. The minimum absolute atomic E-state index is 0.00570. The number of benzene rings is 3. The topological polar surface area (TPSA) is 124 Å². The van der Waals surface area contributed by atoms with Crippen LogP contribution in [0.15, 0.2) is 85.1 Å². The molecule has 1 saturated carbocycles. The largest absolute Gasteiger partial charge is 0.394 e. The lowest BCUT2D eigenvalue weighted by atomic mass is 9.45. The molecule has 3 fully saturated rings. The van der Waals surface area contributed by atoms with Gasteiger partial charge in [0.05, 0.1) is 61.9 Å². The zero-order valence-electron chi connectivity index (χ0n) is 30.5. The van der Waals surface area contributed by atoms with Gasteiger partial charge in [-0.05, 0) is 66.1 Å². The number of hydrogen-bond acceptors (Lipinski definition) is 7. The Labute approximate surface area is 336 Å². The van der Waals surface area contributed by atoms with Gasteiger partial charge >= 0.3 is 0 Å². The van der Waals surface area contributed by atoms with Gasteiger partial charge in [0, 0.05) is 28.8 Å². The van der Waals surface area contributed by atoms with Crippen LogP contribution in [0.4, 0.5) is 23.2 Å². The Balaban J connectivity index is 1.47. The monoisotopic (exact) mass is 826 g/mol. The summed E-state index contributed by atoms with van der Waals surface area (Å²) in [6, 6.07) is 17.4. The number of carbonyl (C=O) groups excluding carboxylic acids is 2. The Morgan fingerprint density at radius 2 is 1.67 bits per heavy atom. The summed E-state index contributed by atoms with van der Waals surface area (Å²) in [6.07, 6.45) is -0.632. The predicted molar refractivity (Wildman–Crippen MR) is 204 cm³/mol. The highest BCUT2D eigenvalue weighted by molar-refractivity contribution is 6.31. The number of fused-ring (bicyclic) bond motifs is 3. The van der Waals surface area contributed by atoms with Gasteiger partial charge in [-0.15, -0.1) is 0 Å². The van der Waals surface area contributed by atoms with E-state index in [1.165, 1.54) is 18.3 Å². The first-order chi connectivity index (χ1) is 27.4. The molecular formula is C42H40Cl2F4N4O5. The van der Waals surface area contributed by atoms with Gasteiger partial charge < -0.3 is 25.6 Å². The van der Waals surface area contributed by atoms with E-state index in [-0.39, 0.29) is 47.9 Å². The molecule has 3 aromatic carbocycles. The van der Waals surface area contributed by atoms with Crippen LogP contribution in [0.3, 0.4) is 0 Å². The van der Waals surface area contributed by atoms with Crippen molar-refractivity contribution >= 4 is 40.7 Å². The van der Waals surface area contributed by atoms with E-state index in [0.717, 1.165) is 6.07 Å². The second-order valence-electron chi connectivity index (χ2n) is 15.7. The normalized spacial score (nSPS) is 27.1. The van der Waals surface area contributed by atoms with Crippen molar-refractivity contribution in [3.63, 3.8) is 0 Å². The lowest BCUT2D eigenvalue weighted by Crippen LogP contribution is -2.72. The van der Waals surface area contributed by atoms with Crippen LogP contribution in [0.1, 0.15) is 66.0 Å². The molecule has 4 heterocycles. The number of nitrogens with one attached hydrogen (secondary N) is 2. The molecule has 15 heteroatoms. The maximum atomic E-state index is 16.9. The fraction of sp³-hybridized carbons (Fsp3) is 0.405. The van der Waals surface area contributed by atoms with Crippen LogP contribution in [-0.2, 0) is 19.7 Å². The van der Waals surface area contributed by atoms with Crippen molar-refractivity contribution < 1.29 is 42.1 Å². The number of ether oxygens (including phenoxy) is 1. The Morgan fingerprint density at radius 1 is 1.00 bits per heavy atom. The summed E-state index contributed by atoms with van der Waals surface area (Å²) >= 11 is 12.6. The second-order valence-corrected chi connectivity index (χ2v) is 16.5. The van der Waals surface area contributed by atoms with E-state index in [9.17, 15) is 10.2 Å². The number of aromatic nitrogens is 1. The smallest absolute Gasteiger partial charge is 0.238 e. The molecule has 9 nitrogen and oxygen atoms in total. The SMILES string of the molecule is O=C(N[C@@H]1CC[C@@H](CO)OC1)[C@H]1[C@H](c2ccnc(Cl)c2F)[C@@]2(C(=O)Nc3cc(Cl)c(F)cc32)C2(CC(CF)(CF)C2)N1[C@H](c1ccccc1)[C@@H](O)c1ccccc1. The molecule has 0 unspecified atom stereocenters. The first-order valence-corrected chi connectivity index (χ1v) is 19.5. The van der Waals surface area contributed by atoms with Crippen molar-refractivity contribution in [3.05, 3.63) is 129 Å². The van der Waals surface area contributed by atoms with Crippen molar-refractivity contribution in [2.45, 2.75) is 72.9 Å². The molecule has 0 radical (unpaired) electrons. The number of rotatable bonds is 10. The van der Waals surface area contributed by atoms with Crippen molar-refractivity contribution in [2.75, 3.05) is 31.9 Å². The Kier molecular flexibility index (Phi) is 10.6. The highest BCUT2D eigenvalue weighted by Crippen LogP contribution is 2.74. The van der Waals surface area contributed by atoms with E-state index in [0.29, 0.717) is 24.0 Å². The molecule has 57 heavy (non-hydrogen) atoms. The maximum absolute atomic E-state index is 16.9. The number of aliphatic hydroxyl groups excluding tert-OH is 2. The first-order valence-electron chi connectivity index (χ1n) is 18.8. The quantitative estimate of drug-likeness (QED) is 0.101. The Bertz CT molecular complexity index is 2150. The van der Waals surface area contributed by atoms with E-state index in [4.69, 9.17) is 27.9 Å². The van der Waals surface area contributed by atoms with Crippen LogP contribution in [0.5, 0.6) is 0 Å². The third-order valence-electron chi connectivity index (χ3n) is 12.6. The van der Waals surface area contributed by atoms with Crippen molar-refractivity contribution in [1.29, 1.82) is 0 Å². The van der Waals surface area contributed by atoms with Gasteiger partial charge in [-0.25, -0.2) is 13.8 Å². The fourth-order valence-corrected chi connectivity index (χ4v) is 10.6. The summed E-state index contributed by atoms with van der Waals surface area (Å²) in [5.41, 5.74) is -4.85. The molecule has 2 amide bonds. The molecule has 8 rings (SSSR count). The van der Waals surface area contributed by atoms with E-state index >= 15 is 27.2 Å². The van der Waals surface area contributed by atoms with Crippen molar-refractivity contribution in [3.8, 4) is 0 Å². The zero-order valence-corrected chi connectivity index (χ0v) is 32.0. The number of halogens is 6. The number of amides is 2. The van der Waals surface area contributed by atoms with E-state index in [1.807, 2.05) is 0 Å². The summed E-state index contributed by atoms with van der Waals surface area (Å²) in [6.45, 7) is -2.48. The van der Waals surface area contributed by atoms with E-state index in [2.05, 4.69) is 15.6 Å². The van der Waals surface area contributed by atoms with Crippen LogP contribution in [0.25, 0.3) is 0 Å². The molecule has 1 aliphatic carbocycles. The molecule has 2 saturated heterocycles. The number of carbonyl (C=O) groups is 2. The summed E-state index contributed by atoms with van der Waals surface area (Å²) in [4.78, 5) is 36.3. The summed E-state index contributed by atoms with van der Waals surface area (Å²) < 4.78 is 69.1. The van der Waals surface area contributed by atoms with Crippen molar-refractivity contribution in [1.82, 2.24) is 15.2 Å². The van der Waals surface area contributed by atoms with Crippen LogP contribution >= 0.6 is 23.2 Å². The molecule has 4 N–H and O–H groups in total. The van der Waals surface area contributed by atoms with Crippen LogP contribution in [0, 0.1) is 17.0 Å². The molecular weight excluding hydrogens is 787 g/mol. The molecule has 7 atom stereocenters. The summed E-state index contributed by atoms with van der Waals surface area (Å²) in [5.74, 6) is -5.04. The highest BCUT2D eigenvalue weighted by Gasteiger charge is 2.82. The Morgan fingerprint density at radius 3 is 2.28 bits per heavy atom. The van der Waals surface area contributed by atoms with Gasteiger partial charge in [0.2, 0.25) is 11.8 Å².